The van der Waals surface area contributed by atoms with Gasteiger partial charge in [0, 0.05) is 21.1 Å². The predicted octanol–water partition coefficient (Wildman–Crippen LogP) is 5.92. The van der Waals surface area contributed by atoms with Gasteiger partial charge in [0.25, 0.3) is 0 Å². The molecular formula is C17H17Br2Cl. The molecule has 0 unspecified atom stereocenters. The zero-order valence-electron chi connectivity index (χ0n) is 11.4. The maximum absolute atomic E-state index is 6.16. The van der Waals surface area contributed by atoms with Gasteiger partial charge in [-0.15, -0.1) is 0 Å². The van der Waals surface area contributed by atoms with Crippen molar-refractivity contribution in [1.82, 2.24) is 0 Å². The number of rotatable bonds is 5. The lowest BCUT2D eigenvalue weighted by Crippen LogP contribution is -2.33. The number of aryl methyl sites for hydroxylation is 1. The summed E-state index contributed by atoms with van der Waals surface area (Å²) in [7, 11) is 0. The highest BCUT2D eigenvalue weighted by Crippen LogP contribution is 2.34. The summed E-state index contributed by atoms with van der Waals surface area (Å²) in [5.41, 5.74) is 3.91. The molecule has 0 atom stereocenters. The van der Waals surface area contributed by atoms with Gasteiger partial charge in [-0.2, -0.15) is 0 Å². The SMILES string of the molecule is Cc1ccc(CC(CBr)(CBr)c2cccc(Cl)c2)cc1. The second-order valence-electron chi connectivity index (χ2n) is 5.22. The van der Waals surface area contributed by atoms with E-state index in [1.165, 1.54) is 16.7 Å². The van der Waals surface area contributed by atoms with Crippen LogP contribution >= 0.6 is 43.5 Å². The molecule has 0 aliphatic heterocycles. The molecule has 0 aliphatic rings. The number of halogens is 3. The van der Waals surface area contributed by atoms with Gasteiger partial charge in [-0.1, -0.05) is 85.4 Å². The minimum atomic E-state index is 0.0140. The number of hydrogen-bond acceptors (Lipinski definition) is 0. The van der Waals surface area contributed by atoms with Gasteiger partial charge in [-0.05, 0) is 36.6 Å². The molecule has 0 aromatic heterocycles. The van der Waals surface area contributed by atoms with Crippen molar-refractivity contribution in [2.75, 3.05) is 10.7 Å². The van der Waals surface area contributed by atoms with E-state index in [-0.39, 0.29) is 5.41 Å². The van der Waals surface area contributed by atoms with Crippen molar-refractivity contribution in [3.63, 3.8) is 0 Å². The lowest BCUT2D eigenvalue weighted by atomic mass is 9.79. The molecule has 20 heavy (non-hydrogen) atoms. The fourth-order valence-electron chi connectivity index (χ4n) is 2.30. The maximum Gasteiger partial charge on any atom is 0.0408 e. The number of hydrogen-bond donors (Lipinski definition) is 0. The van der Waals surface area contributed by atoms with Crippen molar-refractivity contribution in [3.8, 4) is 0 Å². The van der Waals surface area contributed by atoms with E-state index in [9.17, 15) is 0 Å². The Labute approximate surface area is 142 Å². The van der Waals surface area contributed by atoms with Crippen molar-refractivity contribution >= 4 is 43.5 Å². The highest BCUT2D eigenvalue weighted by Gasteiger charge is 2.30. The minimum Gasteiger partial charge on any atom is -0.0918 e. The van der Waals surface area contributed by atoms with Crippen molar-refractivity contribution < 1.29 is 0 Å². The van der Waals surface area contributed by atoms with Crippen LogP contribution in [0.5, 0.6) is 0 Å². The van der Waals surface area contributed by atoms with Crippen LogP contribution in [0.25, 0.3) is 0 Å². The lowest BCUT2D eigenvalue weighted by molar-refractivity contribution is 0.551. The molecule has 2 aromatic carbocycles. The smallest absolute Gasteiger partial charge is 0.0408 e. The molecule has 0 radical (unpaired) electrons. The van der Waals surface area contributed by atoms with Gasteiger partial charge in [-0.25, -0.2) is 0 Å². The van der Waals surface area contributed by atoms with Crippen LogP contribution in [0.1, 0.15) is 16.7 Å². The van der Waals surface area contributed by atoms with Gasteiger partial charge >= 0.3 is 0 Å². The molecule has 0 saturated carbocycles. The number of benzene rings is 2. The highest BCUT2D eigenvalue weighted by molar-refractivity contribution is 9.09. The third kappa shape index (κ3) is 3.66. The van der Waals surface area contributed by atoms with Gasteiger partial charge in [0.1, 0.15) is 0 Å². The van der Waals surface area contributed by atoms with Gasteiger partial charge < -0.3 is 0 Å². The minimum absolute atomic E-state index is 0.0140. The zero-order chi connectivity index (χ0) is 14.6. The zero-order valence-corrected chi connectivity index (χ0v) is 15.3. The molecule has 2 rings (SSSR count). The van der Waals surface area contributed by atoms with Crippen LogP contribution < -0.4 is 0 Å². The van der Waals surface area contributed by atoms with E-state index in [1.54, 1.807) is 0 Å². The van der Waals surface area contributed by atoms with Gasteiger partial charge in [0.05, 0.1) is 0 Å². The summed E-state index contributed by atoms with van der Waals surface area (Å²) in [5.74, 6) is 0. The first-order chi connectivity index (χ1) is 9.59. The Balaban J connectivity index is 2.36. The third-order valence-electron chi connectivity index (χ3n) is 3.61. The third-order valence-corrected chi connectivity index (χ3v) is 5.99. The predicted molar refractivity (Wildman–Crippen MR) is 95.6 cm³/mol. The van der Waals surface area contributed by atoms with Crippen LogP contribution in [0, 0.1) is 6.92 Å². The molecule has 0 spiro atoms. The topological polar surface area (TPSA) is 0 Å². The average Bonchev–Trinajstić information content (AvgIpc) is 2.47. The van der Waals surface area contributed by atoms with Crippen molar-refractivity contribution in [2.45, 2.75) is 18.8 Å². The van der Waals surface area contributed by atoms with Crippen LogP contribution in [0.4, 0.5) is 0 Å². The Morgan fingerprint density at radius 2 is 1.65 bits per heavy atom. The van der Waals surface area contributed by atoms with E-state index in [0.29, 0.717) is 0 Å². The standard InChI is InChI=1S/C17H17Br2Cl/c1-13-5-7-14(8-6-13)10-17(11-18,12-19)15-3-2-4-16(20)9-15/h2-9H,10-12H2,1H3. The van der Waals surface area contributed by atoms with E-state index in [2.05, 4.69) is 75.2 Å². The lowest BCUT2D eigenvalue weighted by Gasteiger charge is -2.31. The summed E-state index contributed by atoms with van der Waals surface area (Å²) < 4.78 is 0. The molecule has 0 N–H and O–H groups in total. The molecule has 0 saturated heterocycles. The monoisotopic (exact) mass is 414 g/mol. The molecule has 0 heterocycles. The Bertz CT molecular complexity index is 559. The van der Waals surface area contributed by atoms with Crippen LogP contribution in [-0.4, -0.2) is 10.7 Å². The first-order valence-corrected chi connectivity index (χ1v) is 9.15. The van der Waals surface area contributed by atoms with Crippen LogP contribution in [-0.2, 0) is 11.8 Å². The number of alkyl halides is 2. The molecule has 0 nitrogen and oxygen atoms in total. The largest absolute Gasteiger partial charge is 0.0918 e. The van der Waals surface area contributed by atoms with Gasteiger partial charge in [-0.3, -0.25) is 0 Å². The van der Waals surface area contributed by atoms with Crippen molar-refractivity contribution in [3.05, 3.63) is 70.2 Å². The second-order valence-corrected chi connectivity index (χ2v) is 6.78. The first-order valence-electron chi connectivity index (χ1n) is 6.53. The molecule has 0 bridgehead atoms. The Morgan fingerprint density at radius 1 is 1.00 bits per heavy atom. The van der Waals surface area contributed by atoms with E-state index in [1.807, 2.05) is 12.1 Å². The summed E-state index contributed by atoms with van der Waals surface area (Å²) >= 11 is 13.5. The highest BCUT2D eigenvalue weighted by atomic mass is 79.9. The summed E-state index contributed by atoms with van der Waals surface area (Å²) in [6.45, 7) is 2.11. The van der Waals surface area contributed by atoms with Crippen molar-refractivity contribution in [1.29, 1.82) is 0 Å². The average molecular weight is 417 g/mol. The van der Waals surface area contributed by atoms with E-state index >= 15 is 0 Å². The molecule has 106 valence electrons. The van der Waals surface area contributed by atoms with Crippen LogP contribution in [0.15, 0.2) is 48.5 Å². The van der Waals surface area contributed by atoms with E-state index in [0.717, 1.165) is 22.1 Å². The summed E-state index contributed by atoms with van der Waals surface area (Å²) in [6, 6.07) is 16.9. The molecule has 0 fully saturated rings. The Hall–Kier alpha value is -0.310. The summed E-state index contributed by atoms with van der Waals surface area (Å²) in [6.07, 6.45) is 0.976. The fourth-order valence-corrected chi connectivity index (χ4v) is 4.46. The first kappa shape index (κ1) is 16.1. The Kier molecular flexibility index (Phi) is 5.71. The molecular weight excluding hydrogens is 399 g/mol. The van der Waals surface area contributed by atoms with Crippen molar-refractivity contribution in [2.24, 2.45) is 0 Å². The summed E-state index contributed by atoms with van der Waals surface area (Å²) in [4.78, 5) is 0. The summed E-state index contributed by atoms with van der Waals surface area (Å²) in [5, 5.41) is 2.57. The molecule has 3 heteroatoms. The second kappa shape index (κ2) is 7.11. The van der Waals surface area contributed by atoms with E-state index in [4.69, 9.17) is 11.6 Å². The quantitative estimate of drug-likeness (QED) is 0.531. The molecule has 0 aliphatic carbocycles. The molecule has 2 aromatic rings. The normalized spacial score (nSPS) is 11.6. The molecule has 0 amide bonds. The maximum atomic E-state index is 6.16. The fraction of sp³-hybridized carbons (Fsp3) is 0.294. The van der Waals surface area contributed by atoms with E-state index < -0.39 is 0 Å². The van der Waals surface area contributed by atoms with Crippen LogP contribution in [0.3, 0.4) is 0 Å². The van der Waals surface area contributed by atoms with Gasteiger partial charge in [0.15, 0.2) is 0 Å². The Morgan fingerprint density at radius 3 is 2.20 bits per heavy atom. The van der Waals surface area contributed by atoms with Gasteiger partial charge in [0.2, 0.25) is 0 Å². The van der Waals surface area contributed by atoms with Crippen LogP contribution in [0.2, 0.25) is 5.02 Å².